The summed E-state index contributed by atoms with van der Waals surface area (Å²) in [5.41, 5.74) is 7.50. The Balaban J connectivity index is 4.12. The molecular formula is C3H3F2N3O2. The van der Waals surface area contributed by atoms with Gasteiger partial charge in [-0.3, -0.25) is 4.79 Å². The standard InChI is InChI=1S/C3H3F2N3O2/c4-3(5,7-8-6)1-2(9)10/h1H2,(H,9,10). The molecule has 0 aromatic rings. The molecular weight excluding hydrogens is 148 g/mol. The fourth-order valence-corrected chi connectivity index (χ4v) is 0.283. The van der Waals surface area contributed by atoms with Crippen molar-refractivity contribution in [3.05, 3.63) is 10.4 Å². The van der Waals surface area contributed by atoms with Crippen LogP contribution in [0.1, 0.15) is 6.42 Å². The van der Waals surface area contributed by atoms with E-state index >= 15 is 0 Å². The molecule has 0 aromatic heterocycles. The van der Waals surface area contributed by atoms with Crippen molar-refractivity contribution in [2.75, 3.05) is 0 Å². The number of alkyl halides is 2. The summed E-state index contributed by atoms with van der Waals surface area (Å²) in [7, 11) is 0. The van der Waals surface area contributed by atoms with Crippen molar-refractivity contribution in [3.8, 4) is 0 Å². The summed E-state index contributed by atoms with van der Waals surface area (Å²) in [5, 5.41) is 9.78. The van der Waals surface area contributed by atoms with Crippen LogP contribution in [-0.2, 0) is 4.79 Å². The minimum Gasteiger partial charge on any atom is -0.481 e. The molecule has 0 atom stereocenters. The number of rotatable bonds is 3. The molecule has 0 rings (SSSR count). The van der Waals surface area contributed by atoms with Crippen LogP contribution in [0.2, 0.25) is 0 Å². The highest BCUT2D eigenvalue weighted by atomic mass is 19.3. The van der Waals surface area contributed by atoms with Crippen molar-refractivity contribution in [3.63, 3.8) is 0 Å². The Hall–Kier alpha value is -1.36. The molecule has 0 saturated heterocycles. The van der Waals surface area contributed by atoms with Crippen LogP contribution in [0.15, 0.2) is 5.11 Å². The fraction of sp³-hybridized carbons (Fsp3) is 0.667. The van der Waals surface area contributed by atoms with Crippen molar-refractivity contribution in [2.24, 2.45) is 5.11 Å². The van der Waals surface area contributed by atoms with Gasteiger partial charge in [0.15, 0.2) is 0 Å². The van der Waals surface area contributed by atoms with Gasteiger partial charge < -0.3 is 5.11 Å². The third kappa shape index (κ3) is 3.62. The topological polar surface area (TPSA) is 86.1 Å². The molecule has 0 spiro atoms. The number of aliphatic carboxylic acids is 1. The molecule has 0 fully saturated rings. The van der Waals surface area contributed by atoms with Crippen LogP contribution < -0.4 is 0 Å². The first-order chi connectivity index (χ1) is 4.48. The first-order valence-electron chi connectivity index (χ1n) is 2.14. The molecule has 0 aliphatic heterocycles. The van der Waals surface area contributed by atoms with E-state index < -0.39 is 18.4 Å². The molecule has 0 bridgehead atoms. The Labute approximate surface area is 53.9 Å². The second-order valence-corrected chi connectivity index (χ2v) is 1.43. The summed E-state index contributed by atoms with van der Waals surface area (Å²) in [6, 6.07) is -3.82. The van der Waals surface area contributed by atoms with E-state index in [9.17, 15) is 13.6 Å². The summed E-state index contributed by atoms with van der Waals surface area (Å²) in [6.45, 7) is 0. The Kier molecular flexibility index (Phi) is 2.57. The molecule has 1 N–H and O–H groups in total. The summed E-state index contributed by atoms with van der Waals surface area (Å²) >= 11 is 0. The second-order valence-electron chi connectivity index (χ2n) is 1.43. The summed E-state index contributed by atoms with van der Waals surface area (Å²) in [4.78, 5) is 11.4. The Morgan fingerprint density at radius 3 is 2.60 bits per heavy atom. The summed E-state index contributed by atoms with van der Waals surface area (Å²) < 4.78 is 23.7. The zero-order chi connectivity index (χ0) is 8.20. The van der Waals surface area contributed by atoms with Crippen LogP contribution in [0.4, 0.5) is 8.78 Å². The van der Waals surface area contributed by atoms with E-state index in [0.717, 1.165) is 0 Å². The highest BCUT2D eigenvalue weighted by molar-refractivity contribution is 5.67. The van der Waals surface area contributed by atoms with Crippen LogP contribution in [-0.4, -0.2) is 17.1 Å². The lowest BCUT2D eigenvalue weighted by Crippen LogP contribution is -2.16. The molecule has 0 radical (unpaired) electrons. The van der Waals surface area contributed by atoms with E-state index in [1.54, 1.807) is 4.91 Å². The maximum Gasteiger partial charge on any atom is 0.336 e. The number of azide groups is 1. The predicted octanol–water partition coefficient (Wildman–Crippen LogP) is 1.36. The average molecular weight is 151 g/mol. The van der Waals surface area contributed by atoms with Gasteiger partial charge in [0.2, 0.25) is 0 Å². The van der Waals surface area contributed by atoms with E-state index in [1.807, 2.05) is 5.11 Å². The van der Waals surface area contributed by atoms with Gasteiger partial charge in [0, 0.05) is 4.91 Å². The molecule has 0 unspecified atom stereocenters. The number of halogens is 2. The quantitative estimate of drug-likeness (QED) is 0.285. The van der Waals surface area contributed by atoms with Crippen molar-refractivity contribution in [1.29, 1.82) is 0 Å². The van der Waals surface area contributed by atoms with Gasteiger partial charge in [-0.25, -0.2) is 0 Å². The largest absolute Gasteiger partial charge is 0.481 e. The van der Waals surface area contributed by atoms with Crippen molar-refractivity contribution >= 4 is 5.97 Å². The SMILES string of the molecule is [N-]=[N+]=NC(F)(F)CC(=O)O. The highest BCUT2D eigenvalue weighted by Gasteiger charge is 2.30. The molecule has 10 heavy (non-hydrogen) atoms. The van der Waals surface area contributed by atoms with Crippen LogP contribution in [0, 0.1) is 0 Å². The van der Waals surface area contributed by atoms with Crippen LogP contribution in [0.25, 0.3) is 10.4 Å². The Bertz CT molecular complexity index is 186. The monoisotopic (exact) mass is 151 g/mol. The molecule has 7 heteroatoms. The second kappa shape index (κ2) is 2.98. The van der Waals surface area contributed by atoms with Crippen molar-refractivity contribution in [2.45, 2.75) is 12.5 Å². The van der Waals surface area contributed by atoms with Crippen molar-refractivity contribution in [1.82, 2.24) is 0 Å². The number of carboxylic acid groups (broad SMARTS) is 1. The van der Waals surface area contributed by atoms with E-state index in [2.05, 4.69) is 0 Å². The maximum absolute atomic E-state index is 11.9. The lowest BCUT2D eigenvalue weighted by Gasteiger charge is -2.03. The summed E-state index contributed by atoms with van der Waals surface area (Å²) in [6.07, 6.45) is -1.48. The van der Waals surface area contributed by atoms with Crippen LogP contribution in [0.3, 0.4) is 0 Å². The molecule has 0 aromatic carbocycles. The normalized spacial score (nSPS) is 10.2. The maximum atomic E-state index is 11.9. The van der Waals surface area contributed by atoms with E-state index in [1.165, 1.54) is 0 Å². The predicted molar refractivity (Wildman–Crippen MR) is 26.3 cm³/mol. The smallest absolute Gasteiger partial charge is 0.336 e. The molecule has 5 nitrogen and oxygen atoms in total. The third-order valence-electron chi connectivity index (χ3n) is 0.555. The van der Waals surface area contributed by atoms with Crippen LogP contribution >= 0.6 is 0 Å². The highest BCUT2D eigenvalue weighted by Crippen LogP contribution is 2.19. The van der Waals surface area contributed by atoms with Gasteiger partial charge in [0.1, 0.15) is 6.42 Å². The number of hydrogen-bond donors (Lipinski definition) is 1. The minimum absolute atomic E-state index is 1.48. The van der Waals surface area contributed by atoms with E-state index in [4.69, 9.17) is 10.6 Å². The minimum atomic E-state index is -3.82. The average Bonchev–Trinajstić information content (AvgIpc) is 1.59. The van der Waals surface area contributed by atoms with Gasteiger partial charge in [0.05, 0.1) is 0 Å². The molecule has 0 saturated carbocycles. The number of hydrogen-bond acceptors (Lipinski definition) is 2. The van der Waals surface area contributed by atoms with Gasteiger partial charge in [0.25, 0.3) is 0 Å². The van der Waals surface area contributed by atoms with E-state index in [-0.39, 0.29) is 0 Å². The zero-order valence-corrected chi connectivity index (χ0v) is 4.66. The lowest BCUT2D eigenvalue weighted by atomic mass is 10.4. The molecule has 56 valence electrons. The van der Waals surface area contributed by atoms with Gasteiger partial charge in [-0.1, -0.05) is 0 Å². The number of carbonyl (C=O) groups is 1. The first-order valence-corrected chi connectivity index (χ1v) is 2.14. The Morgan fingerprint density at radius 1 is 1.80 bits per heavy atom. The number of carboxylic acids is 1. The fourth-order valence-electron chi connectivity index (χ4n) is 0.283. The molecule has 0 amide bonds. The van der Waals surface area contributed by atoms with Crippen molar-refractivity contribution < 1.29 is 18.7 Å². The first kappa shape index (κ1) is 8.64. The Morgan fingerprint density at radius 2 is 2.30 bits per heavy atom. The summed E-state index contributed by atoms with van der Waals surface area (Å²) in [5.74, 6) is -1.71. The van der Waals surface area contributed by atoms with Gasteiger partial charge in [-0.05, 0) is 10.6 Å². The molecule has 0 aliphatic rings. The van der Waals surface area contributed by atoms with Crippen LogP contribution in [0.5, 0.6) is 0 Å². The third-order valence-corrected chi connectivity index (χ3v) is 0.555. The van der Waals surface area contributed by atoms with Gasteiger partial charge >= 0.3 is 12.0 Å². The van der Waals surface area contributed by atoms with E-state index in [0.29, 0.717) is 0 Å². The van der Waals surface area contributed by atoms with Gasteiger partial charge in [-0.2, -0.15) is 8.78 Å². The lowest BCUT2D eigenvalue weighted by molar-refractivity contribution is -0.144. The molecule has 0 aliphatic carbocycles. The number of nitrogens with zero attached hydrogens (tertiary/aromatic N) is 3. The zero-order valence-electron chi connectivity index (χ0n) is 4.66. The molecule has 0 heterocycles. The van der Waals surface area contributed by atoms with Gasteiger partial charge in [-0.15, -0.1) is 0 Å².